The summed E-state index contributed by atoms with van der Waals surface area (Å²) in [5, 5.41) is 11.1. The van der Waals surface area contributed by atoms with Crippen LogP contribution in [0, 0.1) is 11.3 Å². The molecule has 0 heterocycles. The summed E-state index contributed by atoms with van der Waals surface area (Å²) in [6.45, 7) is 0. The molecule has 3 heteroatoms. The van der Waals surface area contributed by atoms with Gasteiger partial charge >= 0.3 is 5.97 Å². The normalized spacial score (nSPS) is 8.17. The molecule has 0 fully saturated rings. The quantitative estimate of drug-likeness (QED) is 0.488. The molecule has 6 heavy (non-hydrogen) atoms. The van der Waals surface area contributed by atoms with Gasteiger partial charge in [0.15, 0.2) is 0 Å². The zero-order chi connectivity index (χ0) is 5.70. The summed E-state index contributed by atoms with van der Waals surface area (Å²) in [5.41, 5.74) is 0. The van der Waals surface area contributed by atoms with Crippen LogP contribution in [0.2, 0.25) is 0 Å². The standard InChI is InChI=1S/C3H3NO2/c4-2-1-3(5)6/h1H2,(H,5,6)/i/hD. The van der Waals surface area contributed by atoms with Gasteiger partial charge in [0.1, 0.15) is 6.42 Å². The molecule has 0 unspecified atom stereocenters. The van der Waals surface area contributed by atoms with E-state index in [-0.39, 0.29) is 6.42 Å². The number of nitrogens with zero attached hydrogens (tertiary/aromatic N) is 1. The van der Waals surface area contributed by atoms with Crippen LogP contribution in [0.1, 0.15) is 6.42 Å². The fourth-order valence-corrected chi connectivity index (χ4v) is 0.0645. The third-order valence-corrected chi connectivity index (χ3v) is 0.223. The van der Waals surface area contributed by atoms with Crippen molar-refractivity contribution in [1.82, 2.24) is 0 Å². The largest absolute Gasteiger partial charge is 0.480 e. The summed E-state index contributed by atoms with van der Waals surface area (Å²) in [6.07, 6.45) is -0.344. The van der Waals surface area contributed by atoms with Crippen LogP contribution in [0.4, 0.5) is 0 Å². The second-order valence-electron chi connectivity index (χ2n) is 0.707. The van der Waals surface area contributed by atoms with Crippen LogP contribution < -0.4 is 0 Å². The second kappa shape index (κ2) is 2.21. The molecule has 0 bridgehead atoms. The van der Waals surface area contributed by atoms with E-state index in [0.717, 1.165) is 0 Å². The summed E-state index contributed by atoms with van der Waals surface area (Å²) in [4.78, 5) is 9.78. The molecule has 0 radical (unpaired) electrons. The van der Waals surface area contributed by atoms with E-state index in [0.29, 0.717) is 0 Å². The van der Waals surface area contributed by atoms with Crippen LogP contribution in [0.15, 0.2) is 0 Å². The van der Waals surface area contributed by atoms with Crippen molar-refractivity contribution in [2.45, 2.75) is 6.42 Å². The van der Waals surface area contributed by atoms with Gasteiger partial charge in [-0.2, -0.15) is 5.26 Å². The average Bonchev–Trinajstić information content (AvgIpc) is 1.68. The molecule has 0 spiro atoms. The predicted molar refractivity (Wildman–Crippen MR) is 17.9 cm³/mol. The minimum Gasteiger partial charge on any atom is -0.480 e. The van der Waals surface area contributed by atoms with Gasteiger partial charge < -0.3 is 5.11 Å². The molecule has 0 atom stereocenters. The maximum Gasteiger partial charge on any atom is 0.317 e. The molecular weight excluding hydrogens is 82.0 g/mol. The van der Waals surface area contributed by atoms with E-state index >= 15 is 0 Å². The third-order valence-electron chi connectivity index (χ3n) is 0.223. The van der Waals surface area contributed by atoms with Gasteiger partial charge in [0, 0.05) is 0 Å². The first-order valence-electron chi connectivity index (χ1n) is 1.75. The molecule has 32 valence electrons. The lowest BCUT2D eigenvalue weighted by molar-refractivity contribution is -0.135. The van der Waals surface area contributed by atoms with Crippen molar-refractivity contribution in [3.63, 3.8) is 0 Å². The first-order valence-corrected chi connectivity index (χ1v) is 1.34. The van der Waals surface area contributed by atoms with Crippen molar-refractivity contribution < 1.29 is 9.90 Å². The molecular formula is C3H3NO2. The van der Waals surface area contributed by atoms with Gasteiger partial charge in [-0.1, -0.05) is 0 Å². The molecule has 0 aromatic rings. The molecule has 3 nitrogen and oxygen atoms in total. The van der Waals surface area contributed by atoms with Crippen molar-refractivity contribution in [3.8, 4) is 6.07 Å². The van der Waals surface area contributed by atoms with E-state index in [2.05, 4.69) is 5.11 Å². The van der Waals surface area contributed by atoms with Crippen molar-refractivity contribution in [2.75, 3.05) is 0 Å². The Kier molecular flexibility index (Phi) is 1.17. The molecule has 0 rings (SSSR count). The maximum absolute atomic E-state index is 9.78. The minimum atomic E-state index is -0.817. The Hall–Kier alpha value is -1.04. The van der Waals surface area contributed by atoms with Crippen LogP contribution >= 0.6 is 0 Å². The van der Waals surface area contributed by atoms with Crippen LogP contribution in [-0.4, -0.2) is 11.1 Å². The minimum absolute atomic E-state index is 0.344. The highest BCUT2D eigenvalue weighted by molar-refractivity contribution is 5.69. The smallest absolute Gasteiger partial charge is 0.317 e. The number of carbonyl (C=O) groups is 1. The van der Waals surface area contributed by atoms with E-state index in [9.17, 15) is 4.79 Å². The van der Waals surface area contributed by atoms with E-state index in [4.69, 9.17) is 6.69 Å². The molecule has 0 aromatic heterocycles. The lowest BCUT2D eigenvalue weighted by atomic mass is 10.5. The Morgan fingerprint density at radius 2 is 3.00 bits per heavy atom. The number of carboxylic acid groups (broad SMARTS) is 1. The van der Waals surface area contributed by atoms with Gasteiger partial charge in [-0.05, 0) is 0 Å². The van der Waals surface area contributed by atoms with Crippen molar-refractivity contribution in [2.24, 2.45) is 0 Å². The summed E-state index contributed by atoms with van der Waals surface area (Å²) in [7, 11) is 0. The molecule has 0 aliphatic rings. The van der Waals surface area contributed by atoms with Gasteiger partial charge in [0.05, 0.1) is 6.07 Å². The third kappa shape index (κ3) is 2.96. The monoisotopic (exact) mass is 86.0 g/mol. The number of hydrogen-bond acceptors (Lipinski definition) is 3. The summed E-state index contributed by atoms with van der Waals surface area (Å²) < 4.78 is 5.91. The Labute approximate surface area is 36.3 Å². The predicted octanol–water partition coefficient (Wildman–Crippen LogP) is -0.0153. The Balaban J connectivity index is 3.23. The highest BCUT2D eigenvalue weighted by atomic mass is 16.4. The van der Waals surface area contributed by atoms with E-state index in [1.165, 1.54) is 6.07 Å². The molecule has 0 saturated carbocycles. The first-order chi connectivity index (χ1) is 3.31. The number of carboxylic acids is 1. The zero-order valence-corrected chi connectivity index (χ0v) is 2.97. The van der Waals surface area contributed by atoms with Gasteiger partial charge in [-0.25, -0.2) is 0 Å². The van der Waals surface area contributed by atoms with Crippen molar-refractivity contribution >= 4 is 5.97 Å². The lowest BCUT2D eigenvalue weighted by Gasteiger charge is -1.70. The Bertz CT molecular complexity index is 106. The second-order valence-corrected chi connectivity index (χ2v) is 0.707. The van der Waals surface area contributed by atoms with Gasteiger partial charge in [-0.15, -0.1) is 0 Å². The van der Waals surface area contributed by atoms with Crippen LogP contribution in [0.3, 0.4) is 0 Å². The van der Waals surface area contributed by atoms with E-state index in [1.807, 2.05) is 0 Å². The van der Waals surface area contributed by atoms with Gasteiger partial charge in [-0.3, -0.25) is 4.79 Å². The lowest BCUT2D eigenvalue weighted by Crippen LogP contribution is -1.88. The van der Waals surface area contributed by atoms with Crippen LogP contribution in [0.25, 0.3) is 1.43 Å². The first kappa shape index (κ1) is 3.16. The Morgan fingerprint density at radius 1 is 2.33 bits per heavy atom. The molecule has 0 aromatic carbocycles. The Morgan fingerprint density at radius 3 is 3.17 bits per heavy atom. The maximum atomic E-state index is 9.78. The summed E-state index contributed by atoms with van der Waals surface area (Å²) in [6, 6.07) is 1.52. The van der Waals surface area contributed by atoms with Crippen LogP contribution in [0.5, 0.6) is 0 Å². The molecule has 0 saturated heterocycles. The highest BCUT2D eigenvalue weighted by Crippen LogP contribution is 1.68. The van der Waals surface area contributed by atoms with E-state index in [1.54, 1.807) is 0 Å². The summed E-state index contributed by atoms with van der Waals surface area (Å²) >= 11 is 0. The number of hydrogen-bond donors (Lipinski definition) is 1. The topological polar surface area (TPSA) is 61.1 Å². The zero-order valence-electron chi connectivity index (χ0n) is 3.97. The van der Waals surface area contributed by atoms with Gasteiger partial charge in [0.2, 0.25) is 0 Å². The number of rotatable bonds is 1. The van der Waals surface area contributed by atoms with Gasteiger partial charge in [0.25, 0.3) is 1.43 Å². The molecule has 0 aliphatic carbocycles. The number of nitriles is 1. The van der Waals surface area contributed by atoms with Crippen LogP contribution in [-0.2, 0) is 4.79 Å². The molecule has 0 aliphatic heterocycles. The fourth-order valence-electron chi connectivity index (χ4n) is 0.0645. The molecule has 0 amide bonds. The van der Waals surface area contributed by atoms with E-state index < -0.39 is 5.97 Å². The average molecular weight is 86.1 g/mol. The fraction of sp³-hybridized carbons (Fsp3) is 0.333. The van der Waals surface area contributed by atoms with Crippen molar-refractivity contribution in [3.05, 3.63) is 0 Å². The number of aliphatic carboxylic acids is 1. The van der Waals surface area contributed by atoms with Crippen molar-refractivity contribution in [1.29, 1.82) is 6.69 Å². The molecule has 1 N–H and O–H groups in total. The highest BCUT2D eigenvalue weighted by Gasteiger charge is 1.87. The summed E-state index contributed by atoms with van der Waals surface area (Å²) in [5.74, 6) is -0.817. The SMILES string of the molecule is [2H]OC(=O)CC#N.